The highest BCUT2D eigenvalue weighted by Gasteiger charge is 2.13. The molecule has 4 nitrogen and oxygen atoms in total. The van der Waals surface area contributed by atoms with E-state index in [1.807, 2.05) is 17.9 Å². The molecule has 0 aliphatic rings. The van der Waals surface area contributed by atoms with Gasteiger partial charge in [-0.2, -0.15) is 5.10 Å². The molecule has 1 aromatic heterocycles. The van der Waals surface area contributed by atoms with Gasteiger partial charge in [0.2, 0.25) is 0 Å². The van der Waals surface area contributed by atoms with Crippen molar-refractivity contribution in [3.05, 3.63) is 18.0 Å². The topological polar surface area (TPSA) is 33.1 Å². The third-order valence-electron chi connectivity index (χ3n) is 3.17. The molecule has 17 heavy (non-hydrogen) atoms. The van der Waals surface area contributed by atoms with Crippen molar-refractivity contribution in [3.63, 3.8) is 0 Å². The van der Waals surface area contributed by atoms with Crippen LogP contribution in [-0.4, -0.2) is 40.9 Å². The van der Waals surface area contributed by atoms with Crippen molar-refractivity contribution in [2.24, 2.45) is 7.05 Å². The van der Waals surface area contributed by atoms with E-state index in [1.54, 1.807) is 0 Å². The van der Waals surface area contributed by atoms with Gasteiger partial charge in [0, 0.05) is 13.2 Å². The summed E-state index contributed by atoms with van der Waals surface area (Å²) in [7, 11) is 1.97. The minimum absolute atomic E-state index is 0.377. The maximum absolute atomic E-state index is 4.49. The Bertz CT molecular complexity index is 304. The van der Waals surface area contributed by atoms with Crippen LogP contribution in [0.15, 0.2) is 12.3 Å². The second kappa shape index (κ2) is 7.45. The minimum atomic E-state index is 0.377. The first-order valence-corrected chi connectivity index (χ1v) is 6.66. The van der Waals surface area contributed by atoms with Crippen LogP contribution in [0.1, 0.15) is 38.9 Å². The quantitative estimate of drug-likeness (QED) is 0.750. The van der Waals surface area contributed by atoms with Gasteiger partial charge in [-0.25, -0.2) is 0 Å². The predicted molar refractivity (Wildman–Crippen MR) is 72.0 cm³/mol. The first kappa shape index (κ1) is 14.2. The highest BCUT2D eigenvalue weighted by molar-refractivity contribution is 5.05. The molecule has 0 saturated carbocycles. The number of nitrogens with zero attached hydrogens (tertiary/aromatic N) is 3. The maximum Gasteiger partial charge on any atom is 0.0794 e. The number of nitrogens with one attached hydrogen (secondary N) is 1. The van der Waals surface area contributed by atoms with E-state index in [2.05, 4.69) is 42.2 Å². The highest BCUT2D eigenvalue weighted by Crippen LogP contribution is 2.14. The number of hydrogen-bond acceptors (Lipinski definition) is 3. The zero-order valence-corrected chi connectivity index (χ0v) is 11.6. The van der Waals surface area contributed by atoms with Crippen LogP contribution in [0.5, 0.6) is 0 Å². The van der Waals surface area contributed by atoms with Gasteiger partial charge in [-0.3, -0.25) is 4.68 Å². The summed E-state index contributed by atoms with van der Waals surface area (Å²) in [4.78, 5) is 2.45. The summed E-state index contributed by atoms with van der Waals surface area (Å²) in [6.07, 6.45) is 3.13. The fourth-order valence-corrected chi connectivity index (χ4v) is 2.07. The van der Waals surface area contributed by atoms with Gasteiger partial charge in [0.25, 0.3) is 0 Å². The summed E-state index contributed by atoms with van der Waals surface area (Å²) in [5, 5.41) is 8.01. The third kappa shape index (κ3) is 4.48. The van der Waals surface area contributed by atoms with Crippen molar-refractivity contribution in [2.75, 3.05) is 26.2 Å². The van der Waals surface area contributed by atoms with Crippen LogP contribution in [0, 0.1) is 0 Å². The van der Waals surface area contributed by atoms with E-state index in [1.165, 1.54) is 0 Å². The Balaban J connectivity index is 2.54. The Morgan fingerprint density at radius 1 is 1.35 bits per heavy atom. The Labute approximate surface area is 105 Å². The van der Waals surface area contributed by atoms with E-state index in [0.29, 0.717) is 6.04 Å². The smallest absolute Gasteiger partial charge is 0.0794 e. The SMILES string of the molecule is CCNC(CCN(CC)CC)c1ccn(C)n1. The number of aromatic nitrogens is 2. The first-order valence-electron chi connectivity index (χ1n) is 6.66. The standard InChI is InChI=1S/C13H26N4/c1-5-14-12(9-11-17(6-2)7-3)13-8-10-16(4)15-13/h8,10,12,14H,5-7,9,11H2,1-4H3. The van der Waals surface area contributed by atoms with Gasteiger partial charge in [0.15, 0.2) is 0 Å². The summed E-state index contributed by atoms with van der Waals surface area (Å²) in [6, 6.07) is 2.48. The third-order valence-corrected chi connectivity index (χ3v) is 3.17. The monoisotopic (exact) mass is 238 g/mol. The van der Waals surface area contributed by atoms with Gasteiger partial charge in [0.05, 0.1) is 11.7 Å². The summed E-state index contributed by atoms with van der Waals surface area (Å²) in [5.74, 6) is 0. The molecule has 1 unspecified atom stereocenters. The summed E-state index contributed by atoms with van der Waals surface area (Å²) in [5.41, 5.74) is 1.15. The second-order valence-corrected chi connectivity index (χ2v) is 4.34. The molecule has 1 atom stereocenters. The van der Waals surface area contributed by atoms with E-state index < -0.39 is 0 Å². The average molecular weight is 238 g/mol. The second-order valence-electron chi connectivity index (χ2n) is 4.34. The van der Waals surface area contributed by atoms with Gasteiger partial charge in [-0.15, -0.1) is 0 Å². The summed E-state index contributed by atoms with van der Waals surface area (Å²) < 4.78 is 1.87. The number of rotatable bonds is 8. The molecule has 0 aliphatic heterocycles. The number of hydrogen-bond donors (Lipinski definition) is 1. The molecule has 1 aromatic rings. The molecule has 0 amide bonds. The van der Waals surface area contributed by atoms with Crippen molar-refractivity contribution < 1.29 is 0 Å². The normalized spacial score (nSPS) is 13.2. The van der Waals surface area contributed by atoms with E-state index >= 15 is 0 Å². The van der Waals surface area contributed by atoms with Crippen LogP contribution in [0.4, 0.5) is 0 Å². The van der Waals surface area contributed by atoms with Crippen molar-refractivity contribution in [1.82, 2.24) is 20.0 Å². The molecular weight excluding hydrogens is 212 g/mol. The molecule has 1 rings (SSSR count). The minimum Gasteiger partial charge on any atom is -0.309 e. The molecule has 0 spiro atoms. The van der Waals surface area contributed by atoms with Crippen LogP contribution in [0.3, 0.4) is 0 Å². The Hall–Kier alpha value is -0.870. The zero-order chi connectivity index (χ0) is 12.7. The van der Waals surface area contributed by atoms with E-state index in [0.717, 1.165) is 38.3 Å². The van der Waals surface area contributed by atoms with Crippen molar-refractivity contribution in [2.45, 2.75) is 33.2 Å². The molecular formula is C13H26N4. The zero-order valence-electron chi connectivity index (χ0n) is 11.6. The fourth-order valence-electron chi connectivity index (χ4n) is 2.07. The van der Waals surface area contributed by atoms with Crippen molar-refractivity contribution in [1.29, 1.82) is 0 Å². The molecule has 0 aliphatic carbocycles. The van der Waals surface area contributed by atoms with E-state index in [9.17, 15) is 0 Å². The Morgan fingerprint density at radius 3 is 2.53 bits per heavy atom. The van der Waals surface area contributed by atoms with Gasteiger partial charge in [0.1, 0.15) is 0 Å². The molecule has 1 heterocycles. The van der Waals surface area contributed by atoms with Gasteiger partial charge < -0.3 is 10.2 Å². The maximum atomic E-state index is 4.49. The lowest BCUT2D eigenvalue weighted by Crippen LogP contribution is -2.29. The van der Waals surface area contributed by atoms with Crippen molar-refractivity contribution in [3.8, 4) is 0 Å². The Morgan fingerprint density at radius 2 is 2.06 bits per heavy atom. The number of aryl methyl sites for hydroxylation is 1. The van der Waals surface area contributed by atoms with Crippen LogP contribution < -0.4 is 5.32 Å². The Kier molecular flexibility index (Phi) is 6.22. The van der Waals surface area contributed by atoms with Gasteiger partial charge in [-0.1, -0.05) is 20.8 Å². The fraction of sp³-hybridized carbons (Fsp3) is 0.769. The van der Waals surface area contributed by atoms with E-state index in [4.69, 9.17) is 0 Å². The lowest BCUT2D eigenvalue weighted by Gasteiger charge is -2.22. The lowest BCUT2D eigenvalue weighted by molar-refractivity contribution is 0.281. The summed E-state index contributed by atoms with van der Waals surface area (Å²) >= 11 is 0. The predicted octanol–water partition coefficient (Wildman–Crippen LogP) is 1.80. The molecule has 0 saturated heterocycles. The molecule has 0 aromatic carbocycles. The first-order chi connectivity index (χ1) is 8.21. The molecule has 4 heteroatoms. The largest absolute Gasteiger partial charge is 0.309 e. The van der Waals surface area contributed by atoms with Gasteiger partial charge >= 0.3 is 0 Å². The lowest BCUT2D eigenvalue weighted by atomic mass is 10.1. The molecule has 98 valence electrons. The molecule has 1 N–H and O–H groups in total. The van der Waals surface area contributed by atoms with Crippen LogP contribution in [-0.2, 0) is 7.05 Å². The van der Waals surface area contributed by atoms with E-state index in [-0.39, 0.29) is 0 Å². The average Bonchev–Trinajstić information content (AvgIpc) is 2.75. The van der Waals surface area contributed by atoms with Crippen LogP contribution >= 0.6 is 0 Å². The van der Waals surface area contributed by atoms with Gasteiger partial charge in [-0.05, 0) is 38.7 Å². The van der Waals surface area contributed by atoms with Crippen LogP contribution in [0.2, 0.25) is 0 Å². The van der Waals surface area contributed by atoms with Crippen molar-refractivity contribution >= 4 is 0 Å². The molecule has 0 radical (unpaired) electrons. The van der Waals surface area contributed by atoms with Crippen LogP contribution in [0.25, 0.3) is 0 Å². The molecule has 0 fully saturated rings. The molecule has 0 bridgehead atoms. The highest BCUT2D eigenvalue weighted by atomic mass is 15.3. The summed E-state index contributed by atoms with van der Waals surface area (Å²) in [6.45, 7) is 10.9.